The van der Waals surface area contributed by atoms with Crippen molar-refractivity contribution in [3.8, 4) is 0 Å². The van der Waals surface area contributed by atoms with Gasteiger partial charge in [0.2, 0.25) is 0 Å². The van der Waals surface area contributed by atoms with Gasteiger partial charge < -0.3 is 10.8 Å². The molecule has 0 atom stereocenters. The number of carbonyl (C=O) groups excluding carboxylic acids is 2. The molecule has 0 bridgehead atoms. The number of aliphatic hydroxyl groups excluding tert-OH is 1. The van der Waals surface area contributed by atoms with Crippen molar-refractivity contribution in [2.45, 2.75) is 6.54 Å². The summed E-state index contributed by atoms with van der Waals surface area (Å²) in [5.41, 5.74) is 10.9. The SMILES string of the molecule is Nc1cccc2c1C(=O)N(c1cc(CN3CCN(CCO)CC3)ccc1C=Cc1n[nH]c3ccccc13)C2=O. The van der Waals surface area contributed by atoms with Crippen molar-refractivity contribution in [1.29, 1.82) is 0 Å². The van der Waals surface area contributed by atoms with Gasteiger partial charge in [0.15, 0.2) is 0 Å². The molecule has 0 saturated carbocycles. The molecule has 39 heavy (non-hydrogen) atoms. The number of fused-ring (bicyclic) bond motifs is 2. The van der Waals surface area contributed by atoms with Crippen molar-refractivity contribution >= 4 is 46.2 Å². The molecule has 1 fully saturated rings. The van der Waals surface area contributed by atoms with E-state index in [1.165, 1.54) is 4.90 Å². The molecule has 6 rings (SSSR count). The van der Waals surface area contributed by atoms with Gasteiger partial charge in [0.1, 0.15) is 0 Å². The number of aromatic nitrogens is 2. The fourth-order valence-electron chi connectivity index (χ4n) is 5.40. The molecule has 1 saturated heterocycles. The summed E-state index contributed by atoms with van der Waals surface area (Å²) in [5, 5.41) is 17.7. The maximum atomic E-state index is 13.5. The van der Waals surface area contributed by atoms with Crippen molar-refractivity contribution < 1.29 is 14.7 Å². The van der Waals surface area contributed by atoms with E-state index in [4.69, 9.17) is 5.73 Å². The van der Waals surface area contributed by atoms with Gasteiger partial charge in [0.05, 0.1) is 34.6 Å². The van der Waals surface area contributed by atoms with Crippen LogP contribution in [0.3, 0.4) is 0 Å². The number of hydrogen-bond donors (Lipinski definition) is 3. The first-order valence-corrected chi connectivity index (χ1v) is 13.1. The highest BCUT2D eigenvalue weighted by molar-refractivity contribution is 6.36. The fourth-order valence-corrected chi connectivity index (χ4v) is 5.40. The maximum absolute atomic E-state index is 13.5. The van der Waals surface area contributed by atoms with Gasteiger partial charge in [-0.05, 0) is 41.5 Å². The largest absolute Gasteiger partial charge is 0.398 e. The van der Waals surface area contributed by atoms with Gasteiger partial charge >= 0.3 is 0 Å². The minimum absolute atomic E-state index is 0.164. The molecule has 0 spiro atoms. The molecule has 0 aliphatic carbocycles. The van der Waals surface area contributed by atoms with Crippen LogP contribution in [-0.2, 0) is 6.54 Å². The van der Waals surface area contributed by atoms with Crippen LogP contribution in [0.15, 0.2) is 60.7 Å². The number of rotatable bonds is 7. The number of para-hydroxylation sites is 1. The summed E-state index contributed by atoms with van der Waals surface area (Å²) in [7, 11) is 0. The molecule has 2 aliphatic heterocycles. The molecule has 2 amide bonds. The third-order valence-corrected chi connectivity index (χ3v) is 7.49. The number of β-amino-alcohol motifs (C(OH)–C–C–N with tert-alkyl or cyclic N) is 1. The van der Waals surface area contributed by atoms with Gasteiger partial charge in [0, 0.05) is 50.3 Å². The van der Waals surface area contributed by atoms with Gasteiger partial charge in [0.25, 0.3) is 11.8 Å². The highest BCUT2D eigenvalue weighted by Crippen LogP contribution is 2.35. The first kappa shape index (κ1) is 25.0. The molecule has 198 valence electrons. The number of nitrogens with two attached hydrogens (primary N) is 1. The van der Waals surface area contributed by atoms with E-state index < -0.39 is 5.91 Å². The highest BCUT2D eigenvalue weighted by Gasteiger charge is 2.39. The lowest BCUT2D eigenvalue weighted by molar-refractivity contribution is 0.0926. The number of carbonyl (C=O) groups is 2. The van der Waals surface area contributed by atoms with Crippen molar-refractivity contribution in [2.75, 3.05) is 50.0 Å². The number of H-pyrrole nitrogens is 1. The van der Waals surface area contributed by atoms with Gasteiger partial charge in [-0.3, -0.25) is 24.5 Å². The number of piperazine rings is 1. The lowest BCUT2D eigenvalue weighted by Gasteiger charge is -2.34. The molecule has 4 aromatic rings. The molecule has 3 aromatic carbocycles. The molecule has 0 radical (unpaired) electrons. The quantitative estimate of drug-likeness (QED) is 0.252. The fraction of sp³-hybridized carbons (Fsp3) is 0.233. The van der Waals surface area contributed by atoms with E-state index in [0.717, 1.165) is 53.9 Å². The molecule has 0 unspecified atom stereocenters. The second-order valence-electron chi connectivity index (χ2n) is 9.94. The van der Waals surface area contributed by atoms with Gasteiger partial charge in [-0.1, -0.05) is 42.5 Å². The predicted octanol–water partition coefficient (Wildman–Crippen LogP) is 3.23. The smallest absolute Gasteiger partial charge is 0.268 e. The minimum atomic E-state index is -0.414. The minimum Gasteiger partial charge on any atom is -0.398 e. The summed E-state index contributed by atoms with van der Waals surface area (Å²) in [6, 6.07) is 18.8. The second kappa shape index (κ2) is 10.5. The Morgan fingerprint density at radius 2 is 1.72 bits per heavy atom. The van der Waals surface area contributed by atoms with Crippen LogP contribution in [-0.4, -0.2) is 76.2 Å². The standard InChI is InChI=1S/C30H30N6O3/c31-24-6-3-5-23-28(24)30(39)36(29(23)38)27-18-20(19-35-14-12-34(13-15-35)16-17-37)8-9-21(27)10-11-26-22-4-1-2-7-25(22)32-33-26/h1-11,18,37H,12-17,19,31H2,(H,32,33). The van der Waals surface area contributed by atoms with E-state index >= 15 is 0 Å². The number of imide groups is 1. The number of benzene rings is 3. The average molecular weight is 523 g/mol. The Bertz CT molecular complexity index is 1580. The van der Waals surface area contributed by atoms with E-state index in [1.807, 2.05) is 54.6 Å². The number of aliphatic hydroxyl groups is 1. The summed E-state index contributed by atoms with van der Waals surface area (Å²) in [6.07, 6.45) is 3.78. The molecule has 3 heterocycles. The number of nitrogens with zero attached hydrogens (tertiary/aromatic N) is 4. The van der Waals surface area contributed by atoms with Crippen LogP contribution in [0, 0.1) is 0 Å². The number of amides is 2. The highest BCUT2D eigenvalue weighted by atomic mass is 16.3. The van der Waals surface area contributed by atoms with E-state index in [9.17, 15) is 14.7 Å². The zero-order valence-corrected chi connectivity index (χ0v) is 21.5. The number of hydrogen-bond acceptors (Lipinski definition) is 7. The van der Waals surface area contributed by atoms with Crippen LogP contribution in [0.5, 0.6) is 0 Å². The van der Waals surface area contributed by atoms with Gasteiger partial charge in [-0.25, -0.2) is 4.90 Å². The van der Waals surface area contributed by atoms with Crippen LogP contribution in [0.1, 0.15) is 37.5 Å². The normalized spacial score (nSPS) is 16.6. The predicted molar refractivity (Wildman–Crippen MR) is 152 cm³/mol. The topological polar surface area (TPSA) is 119 Å². The first-order chi connectivity index (χ1) is 19.0. The lowest BCUT2D eigenvalue weighted by atomic mass is 10.1. The maximum Gasteiger partial charge on any atom is 0.268 e. The Kier molecular flexibility index (Phi) is 6.70. The number of nitrogens with one attached hydrogen (secondary N) is 1. The molecule has 1 aromatic heterocycles. The summed E-state index contributed by atoms with van der Waals surface area (Å²) in [5.74, 6) is -0.792. The zero-order chi connectivity index (χ0) is 26.9. The second-order valence-corrected chi connectivity index (χ2v) is 9.94. The summed E-state index contributed by atoms with van der Waals surface area (Å²) in [6.45, 7) is 5.09. The molecule has 9 nitrogen and oxygen atoms in total. The first-order valence-electron chi connectivity index (χ1n) is 13.1. The van der Waals surface area contributed by atoms with Crippen LogP contribution in [0.4, 0.5) is 11.4 Å². The number of nitrogen functional groups attached to an aromatic ring is 1. The Balaban J connectivity index is 1.35. The number of aromatic amines is 1. The molecule has 4 N–H and O–H groups in total. The van der Waals surface area contributed by atoms with E-state index in [2.05, 4.69) is 20.0 Å². The van der Waals surface area contributed by atoms with Crippen LogP contribution < -0.4 is 10.6 Å². The van der Waals surface area contributed by atoms with Crippen LogP contribution in [0.2, 0.25) is 0 Å². The number of anilines is 2. The summed E-state index contributed by atoms with van der Waals surface area (Å²) in [4.78, 5) is 32.9. The van der Waals surface area contributed by atoms with E-state index in [1.54, 1.807) is 18.2 Å². The zero-order valence-electron chi connectivity index (χ0n) is 21.5. The monoisotopic (exact) mass is 522 g/mol. The third-order valence-electron chi connectivity index (χ3n) is 7.49. The molecule has 2 aliphatic rings. The van der Waals surface area contributed by atoms with E-state index in [0.29, 0.717) is 30.0 Å². The van der Waals surface area contributed by atoms with Crippen LogP contribution >= 0.6 is 0 Å². The Morgan fingerprint density at radius 3 is 2.51 bits per heavy atom. The van der Waals surface area contributed by atoms with Gasteiger partial charge in [-0.2, -0.15) is 5.10 Å². The Labute approximate surface area is 226 Å². The summed E-state index contributed by atoms with van der Waals surface area (Å²) >= 11 is 0. The third kappa shape index (κ3) is 4.72. The molecule has 9 heteroatoms. The summed E-state index contributed by atoms with van der Waals surface area (Å²) < 4.78 is 0. The molecular weight excluding hydrogens is 492 g/mol. The van der Waals surface area contributed by atoms with Crippen molar-refractivity contribution in [2.24, 2.45) is 0 Å². The van der Waals surface area contributed by atoms with Crippen molar-refractivity contribution in [3.63, 3.8) is 0 Å². The lowest BCUT2D eigenvalue weighted by Crippen LogP contribution is -2.46. The Morgan fingerprint density at radius 1 is 0.923 bits per heavy atom. The van der Waals surface area contributed by atoms with Crippen molar-refractivity contribution in [3.05, 3.63) is 88.6 Å². The van der Waals surface area contributed by atoms with E-state index in [-0.39, 0.29) is 18.1 Å². The molecular formula is C30H30N6O3. The van der Waals surface area contributed by atoms with Crippen LogP contribution in [0.25, 0.3) is 23.1 Å². The van der Waals surface area contributed by atoms with Crippen molar-refractivity contribution in [1.82, 2.24) is 20.0 Å². The average Bonchev–Trinajstić information content (AvgIpc) is 3.47. The Hall–Kier alpha value is -4.31. The van der Waals surface area contributed by atoms with Gasteiger partial charge in [-0.15, -0.1) is 0 Å².